The molecular weight excluding hydrogens is 326 g/mol. The Morgan fingerprint density at radius 3 is 2.96 bits per heavy atom. The monoisotopic (exact) mass is 345 g/mol. The lowest BCUT2D eigenvalue weighted by molar-refractivity contribution is -0.124. The second-order valence-electron chi connectivity index (χ2n) is 5.69. The lowest BCUT2D eigenvalue weighted by Crippen LogP contribution is -2.44. The van der Waals surface area contributed by atoms with Crippen LogP contribution in [-0.4, -0.2) is 32.3 Å². The van der Waals surface area contributed by atoms with Crippen molar-refractivity contribution in [3.05, 3.63) is 52.1 Å². The van der Waals surface area contributed by atoms with Gasteiger partial charge in [0, 0.05) is 11.6 Å². The van der Waals surface area contributed by atoms with Crippen molar-refractivity contribution in [1.29, 1.82) is 0 Å². The molecule has 0 radical (unpaired) electrons. The fourth-order valence-corrected chi connectivity index (χ4v) is 2.73. The minimum Gasteiger partial charge on any atom is -0.493 e. The van der Waals surface area contributed by atoms with Gasteiger partial charge in [-0.05, 0) is 19.4 Å². The van der Waals surface area contributed by atoms with Crippen molar-refractivity contribution < 1.29 is 23.4 Å². The number of amides is 1. The Hall–Kier alpha value is -2.96. The molecule has 0 aliphatic carbocycles. The summed E-state index contributed by atoms with van der Waals surface area (Å²) in [4.78, 5) is 23.8. The first-order chi connectivity index (χ1) is 12.1. The number of hydrogen-bond donors (Lipinski definition) is 1. The summed E-state index contributed by atoms with van der Waals surface area (Å²) in [5, 5.41) is 2.84. The molecule has 1 unspecified atom stereocenters. The first-order valence-electron chi connectivity index (χ1n) is 7.87. The molecule has 132 valence electrons. The van der Waals surface area contributed by atoms with E-state index in [0.717, 1.165) is 5.56 Å². The lowest BCUT2D eigenvalue weighted by atomic mass is 10.0. The van der Waals surface area contributed by atoms with Crippen molar-refractivity contribution in [3.8, 4) is 17.2 Å². The summed E-state index contributed by atoms with van der Waals surface area (Å²) in [6.07, 6.45) is 1.92. The third-order valence-corrected chi connectivity index (χ3v) is 3.90. The van der Waals surface area contributed by atoms with Gasteiger partial charge in [-0.3, -0.25) is 9.59 Å². The van der Waals surface area contributed by atoms with Crippen LogP contribution in [0.2, 0.25) is 0 Å². The summed E-state index contributed by atoms with van der Waals surface area (Å²) in [5.41, 5.74) is 0.648. The van der Waals surface area contributed by atoms with Gasteiger partial charge in [0.25, 0.3) is 5.91 Å². The van der Waals surface area contributed by atoms with E-state index in [0.29, 0.717) is 30.3 Å². The fourth-order valence-electron chi connectivity index (χ4n) is 2.73. The average molecular weight is 345 g/mol. The molecule has 7 nitrogen and oxygen atoms in total. The molecule has 2 aromatic rings. The molecule has 0 fully saturated rings. The Morgan fingerprint density at radius 2 is 2.20 bits per heavy atom. The molecule has 0 bridgehead atoms. The van der Waals surface area contributed by atoms with Crippen LogP contribution in [0.3, 0.4) is 0 Å². The van der Waals surface area contributed by atoms with Crippen LogP contribution in [0.4, 0.5) is 0 Å². The average Bonchev–Trinajstić information content (AvgIpc) is 2.60. The summed E-state index contributed by atoms with van der Waals surface area (Å²) in [6.45, 7) is 1.68. The van der Waals surface area contributed by atoms with Gasteiger partial charge in [0.2, 0.25) is 11.2 Å². The maximum Gasteiger partial charge on any atom is 0.258 e. The molecule has 3 rings (SSSR count). The molecule has 1 N–H and O–H groups in total. The van der Waals surface area contributed by atoms with Crippen LogP contribution < -0.4 is 25.0 Å². The highest BCUT2D eigenvalue weighted by atomic mass is 16.5. The topological polar surface area (TPSA) is 87.0 Å². The standard InChI is InChI=1S/C18H19NO6/c1-11-17(14(20)6-7-23-11)25-10-16(21)19-13-8-12-4-3-5-15(22-2)18(12)24-9-13/h3-7,13H,8-10H2,1-2H3,(H,19,21). The van der Waals surface area contributed by atoms with E-state index in [2.05, 4.69) is 5.32 Å². The minimum absolute atomic E-state index is 0.0487. The van der Waals surface area contributed by atoms with Gasteiger partial charge in [0.15, 0.2) is 18.1 Å². The maximum atomic E-state index is 12.1. The lowest BCUT2D eigenvalue weighted by Gasteiger charge is -2.27. The van der Waals surface area contributed by atoms with Gasteiger partial charge < -0.3 is 23.9 Å². The van der Waals surface area contributed by atoms with Crippen LogP contribution in [0.5, 0.6) is 17.2 Å². The first kappa shape index (κ1) is 16.9. The van der Waals surface area contributed by atoms with Gasteiger partial charge in [-0.2, -0.15) is 0 Å². The van der Waals surface area contributed by atoms with Crippen molar-refractivity contribution >= 4 is 5.91 Å². The molecule has 25 heavy (non-hydrogen) atoms. The number of para-hydroxylation sites is 1. The van der Waals surface area contributed by atoms with E-state index in [-0.39, 0.29) is 29.7 Å². The first-order valence-corrected chi connectivity index (χ1v) is 7.87. The Kier molecular flexibility index (Phi) is 4.92. The van der Waals surface area contributed by atoms with Crippen molar-refractivity contribution in [3.63, 3.8) is 0 Å². The van der Waals surface area contributed by atoms with Crippen LogP contribution in [0.25, 0.3) is 0 Å². The molecule has 7 heteroatoms. The number of methoxy groups -OCH3 is 1. The molecule has 0 saturated heterocycles. The van der Waals surface area contributed by atoms with E-state index in [1.54, 1.807) is 14.0 Å². The predicted octanol–water partition coefficient (Wildman–Crippen LogP) is 1.46. The summed E-state index contributed by atoms with van der Waals surface area (Å²) < 4.78 is 21.4. The zero-order valence-electron chi connectivity index (χ0n) is 14.0. The number of ether oxygens (including phenoxy) is 3. The highest BCUT2D eigenvalue weighted by molar-refractivity contribution is 5.78. The van der Waals surface area contributed by atoms with Gasteiger partial charge in [-0.1, -0.05) is 12.1 Å². The molecule has 0 spiro atoms. The van der Waals surface area contributed by atoms with E-state index in [1.807, 2.05) is 18.2 Å². The Morgan fingerprint density at radius 1 is 1.36 bits per heavy atom. The molecule has 1 aliphatic heterocycles. The molecule has 2 heterocycles. The quantitative estimate of drug-likeness (QED) is 0.883. The van der Waals surface area contributed by atoms with Crippen LogP contribution in [0.1, 0.15) is 11.3 Å². The molecule has 1 aromatic heterocycles. The molecule has 1 aromatic carbocycles. The smallest absolute Gasteiger partial charge is 0.258 e. The number of hydrogen-bond acceptors (Lipinski definition) is 6. The molecule has 1 aliphatic rings. The zero-order chi connectivity index (χ0) is 17.8. The maximum absolute atomic E-state index is 12.1. The Balaban J connectivity index is 1.58. The number of carbonyl (C=O) groups is 1. The number of fused-ring (bicyclic) bond motifs is 1. The SMILES string of the molecule is COc1cccc2c1OCC(NC(=O)COc1c(C)occc1=O)C2. The highest BCUT2D eigenvalue weighted by Gasteiger charge is 2.24. The van der Waals surface area contributed by atoms with E-state index in [1.165, 1.54) is 12.3 Å². The molecule has 1 atom stereocenters. The molecule has 0 saturated carbocycles. The van der Waals surface area contributed by atoms with Gasteiger partial charge in [0.05, 0.1) is 19.4 Å². The van der Waals surface area contributed by atoms with Crippen LogP contribution >= 0.6 is 0 Å². The normalized spacial score (nSPS) is 15.7. The zero-order valence-corrected chi connectivity index (χ0v) is 14.0. The largest absolute Gasteiger partial charge is 0.493 e. The summed E-state index contributed by atoms with van der Waals surface area (Å²) in [5.74, 6) is 1.44. The number of aryl methyl sites for hydroxylation is 1. The van der Waals surface area contributed by atoms with E-state index >= 15 is 0 Å². The molecule has 1 amide bonds. The van der Waals surface area contributed by atoms with Crippen LogP contribution in [-0.2, 0) is 11.2 Å². The van der Waals surface area contributed by atoms with Crippen molar-refractivity contribution in [1.82, 2.24) is 5.32 Å². The van der Waals surface area contributed by atoms with Gasteiger partial charge in [0.1, 0.15) is 12.4 Å². The third-order valence-electron chi connectivity index (χ3n) is 3.90. The number of benzene rings is 1. The minimum atomic E-state index is -0.331. The van der Waals surface area contributed by atoms with Gasteiger partial charge in [-0.15, -0.1) is 0 Å². The summed E-state index contributed by atoms with van der Waals surface area (Å²) >= 11 is 0. The summed E-state index contributed by atoms with van der Waals surface area (Å²) in [6, 6.07) is 6.72. The second-order valence-corrected chi connectivity index (χ2v) is 5.69. The van der Waals surface area contributed by atoms with Crippen LogP contribution in [0, 0.1) is 6.92 Å². The highest BCUT2D eigenvalue weighted by Crippen LogP contribution is 2.34. The predicted molar refractivity (Wildman–Crippen MR) is 89.3 cm³/mol. The van der Waals surface area contributed by atoms with Gasteiger partial charge >= 0.3 is 0 Å². The number of nitrogens with one attached hydrogen (secondary N) is 1. The fraction of sp³-hybridized carbons (Fsp3) is 0.333. The van der Waals surface area contributed by atoms with Crippen molar-refractivity contribution in [2.75, 3.05) is 20.3 Å². The number of carbonyl (C=O) groups excluding carboxylic acids is 1. The van der Waals surface area contributed by atoms with E-state index in [9.17, 15) is 9.59 Å². The van der Waals surface area contributed by atoms with Crippen molar-refractivity contribution in [2.24, 2.45) is 0 Å². The second kappa shape index (κ2) is 7.29. The van der Waals surface area contributed by atoms with Gasteiger partial charge in [-0.25, -0.2) is 0 Å². The molecular formula is C18H19NO6. The van der Waals surface area contributed by atoms with E-state index in [4.69, 9.17) is 18.6 Å². The Bertz CT molecular complexity index is 829. The van der Waals surface area contributed by atoms with Crippen molar-refractivity contribution in [2.45, 2.75) is 19.4 Å². The van der Waals surface area contributed by atoms with E-state index < -0.39 is 0 Å². The Labute approximate surface area is 144 Å². The number of rotatable bonds is 5. The third kappa shape index (κ3) is 3.76. The van der Waals surface area contributed by atoms with Crippen LogP contribution in [0.15, 0.2) is 39.7 Å². The summed E-state index contributed by atoms with van der Waals surface area (Å²) in [7, 11) is 1.59.